The summed E-state index contributed by atoms with van der Waals surface area (Å²) in [5, 5.41) is 0. The molecule has 5 heavy (non-hydrogen) atoms. The topological polar surface area (TPSA) is 63.0 Å². The summed E-state index contributed by atoms with van der Waals surface area (Å²) in [6.45, 7) is 0. The molecule has 0 aliphatic heterocycles. The molecule has 5 heteroatoms. The van der Waals surface area contributed by atoms with Crippen molar-refractivity contribution in [1.29, 1.82) is 0 Å². The molecular weight excluding hydrogens is 158 g/mol. The van der Waals surface area contributed by atoms with Gasteiger partial charge in [0.1, 0.15) is 0 Å². The minimum Gasteiger partial charge on any atom is -1.00 e. The molecule has 0 rings (SSSR count). The van der Waals surface area contributed by atoms with Crippen LogP contribution in [0.25, 0.3) is 0 Å². The van der Waals surface area contributed by atoms with E-state index in [1.807, 2.05) is 0 Å². The number of hydrogen-bond donors (Lipinski definition) is 0. The van der Waals surface area contributed by atoms with Gasteiger partial charge < -0.3 is 35.8 Å². The SMILES string of the molecule is O.O.[Cl-].[Cl-].[Mn]. The van der Waals surface area contributed by atoms with Gasteiger partial charge in [-0.15, -0.1) is 0 Å². The molecule has 0 aliphatic carbocycles. The van der Waals surface area contributed by atoms with Gasteiger partial charge in [-0.2, -0.15) is 0 Å². The molecule has 0 spiro atoms. The van der Waals surface area contributed by atoms with Crippen LogP contribution in [0.4, 0.5) is 0 Å². The van der Waals surface area contributed by atoms with Gasteiger partial charge in [-0.1, -0.05) is 0 Å². The first kappa shape index (κ1) is 146. The Morgan fingerprint density at radius 2 is 0.600 bits per heavy atom. The molecule has 39 valence electrons. The van der Waals surface area contributed by atoms with E-state index in [0.717, 1.165) is 0 Å². The average molecular weight is 162 g/mol. The third-order valence-electron chi connectivity index (χ3n) is 0. The predicted octanol–water partition coefficient (Wildman–Crippen LogP) is -7.64. The van der Waals surface area contributed by atoms with E-state index in [0.29, 0.717) is 0 Å². The van der Waals surface area contributed by atoms with Crippen LogP contribution in [-0.4, -0.2) is 11.0 Å². The van der Waals surface area contributed by atoms with Gasteiger partial charge in [0.25, 0.3) is 0 Å². The van der Waals surface area contributed by atoms with Gasteiger partial charge in [-0.25, -0.2) is 0 Å². The van der Waals surface area contributed by atoms with Crippen LogP contribution in [0.15, 0.2) is 0 Å². The van der Waals surface area contributed by atoms with Gasteiger partial charge in [-0.3, -0.25) is 0 Å². The van der Waals surface area contributed by atoms with E-state index >= 15 is 0 Å². The number of halogens is 2. The Morgan fingerprint density at radius 1 is 0.600 bits per heavy atom. The average Bonchev–Trinajstić information content (AvgIpc) is 0. The first-order valence-electron chi connectivity index (χ1n) is 0. The van der Waals surface area contributed by atoms with Crippen LogP contribution in [0.5, 0.6) is 0 Å². The molecule has 0 unspecified atom stereocenters. The standard InChI is InChI=1S/2ClH.Mn.2H2O/h2*1H;;2*1H2/p-2. The second kappa shape index (κ2) is 78.0. The molecule has 0 aromatic carbocycles. The van der Waals surface area contributed by atoms with Crippen LogP contribution in [-0.2, 0) is 17.1 Å². The molecule has 1 radical (unpaired) electrons. The molecule has 0 fully saturated rings. The van der Waals surface area contributed by atoms with Crippen molar-refractivity contribution >= 4 is 0 Å². The van der Waals surface area contributed by atoms with Gasteiger partial charge in [0.15, 0.2) is 0 Å². The van der Waals surface area contributed by atoms with Crippen molar-refractivity contribution in [3.63, 3.8) is 0 Å². The van der Waals surface area contributed by atoms with Crippen molar-refractivity contribution in [2.75, 3.05) is 0 Å². The predicted molar refractivity (Wildman–Crippen MR) is 7.23 cm³/mol. The summed E-state index contributed by atoms with van der Waals surface area (Å²) in [6, 6.07) is 0. The van der Waals surface area contributed by atoms with Crippen LogP contribution in [0.2, 0.25) is 0 Å². The maximum atomic E-state index is 0. The maximum absolute atomic E-state index is 0. The molecule has 0 aromatic heterocycles. The molecule has 0 aromatic rings. The van der Waals surface area contributed by atoms with Gasteiger partial charge in [0, 0.05) is 17.1 Å². The van der Waals surface area contributed by atoms with E-state index in [2.05, 4.69) is 0 Å². The number of hydrogen-bond acceptors (Lipinski definition) is 0. The Bertz CT molecular complexity index is 7.61. The minimum atomic E-state index is 0. The zero-order chi connectivity index (χ0) is 0. The van der Waals surface area contributed by atoms with Crippen molar-refractivity contribution in [2.24, 2.45) is 0 Å². The molecular formula is H4Cl2MnO2-2. The van der Waals surface area contributed by atoms with Crippen LogP contribution >= 0.6 is 0 Å². The Balaban J connectivity index is 0. The van der Waals surface area contributed by atoms with E-state index in [-0.39, 0.29) is 52.8 Å². The fourth-order valence-corrected chi connectivity index (χ4v) is 0. The Kier molecular flexibility index (Phi) is 2280. The van der Waals surface area contributed by atoms with Crippen molar-refractivity contribution in [1.82, 2.24) is 0 Å². The van der Waals surface area contributed by atoms with Crippen molar-refractivity contribution in [3.8, 4) is 0 Å². The maximum Gasteiger partial charge on any atom is 0 e. The monoisotopic (exact) mass is 161 g/mol. The van der Waals surface area contributed by atoms with Crippen LogP contribution in [0.1, 0.15) is 0 Å². The number of rotatable bonds is 0. The van der Waals surface area contributed by atoms with Gasteiger partial charge >= 0.3 is 0 Å². The van der Waals surface area contributed by atoms with E-state index in [4.69, 9.17) is 0 Å². The summed E-state index contributed by atoms with van der Waals surface area (Å²) in [4.78, 5) is 0. The molecule has 0 heterocycles. The Labute approximate surface area is 53.2 Å². The summed E-state index contributed by atoms with van der Waals surface area (Å²) < 4.78 is 0. The summed E-state index contributed by atoms with van der Waals surface area (Å²) in [7, 11) is 0. The normalized spacial score (nSPS) is 0. The zero-order valence-electron chi connectivity index (χ0n) is 2.13. The smallest absolute Gasteiger partial charge is 0 e. The molecule has 0 amide bonds. The molecule has 0 saturated carbocycles. The third kappa shape index (κ3) is 44.0. The minimum absolute atomic E-state index is 0. The van der Waals surface area contributed by atoms with E-state index in [1.165, 1.54) is 0 Å². The third-order valence-corrected chi connectivity index (χ3v) is 0. The van der Waals surface area contributed by atoms with Gasteiger partial charge in [0.2, 0.25) is 0 Å². The van der Waals surface area contributed by atoms with E-state index < -0.39 is 0 Å². The molecule has 0 aliphatic rings. The Hall–Kier alpha value is 1.02. The summed E-state index contributed by atoms with van der Waals surface area (Å²) in [6.07, 6.45) is 0. The summed E-state index contributed by atoms with van der Waals surface area (Å²) in [5.41, 5.74) is 0. The van der Waals surface area contributed by atoms with Crippen molar-refractivity contribution in [3.05, 3.63) is 0 Å². The Morgan fingerprint density at radius 3 is 0.600 bits per heavy atom. The second-order valence-corrected chi connectivity index (χ2v) is 0. The molecule has 4 N–H and O–H groups in total. The summed E-state index contributed by atoms with van der Waals surface area (Å²) in [5.74, 6) is 0. The van der Waals surface area contributed by atoms with E-state index in [9.17, 15) is 0 Å². The zero-order valence-corrected chi connectivity index (χ0v) is 4.83. The first-order chi connectivity index (χ1) is 0. The largest absolute Gasteiger partial charge is 1.00 e. The second-order valence-electron chi connectivity index (χ2n) is 0. The molecule has 0 bridgehead atoms. The molecule has 0 saturated heterocycles. The van der Waals surface area contributed by atoms with E-state index in [1.54, 1.807) is 0 Å². The van der Waals surface area contributed by atoms with Crippen LogP contribution in [0.3, 0.4) is 0 Å². The first-order valence-corrected chi connectivity index (χ1v) is 0. The van der Waals surface area contributed by atoms with Gasteiger partial charge in [-0.05, 0) is 0 Å². The molecule has 2 nitrogen and oxygen atoms in total. The van der Waals surface area contributed by atoms with Crippen LogP contribution < -0.4 is 24.8 Å². The van der Waals surface area contributed by atoms with Crippen LogP contribution in [0, 0.1) is 0 Å². The van der Waals surface area contributed by atoms with Gasteiger partial charge in [0.05, 0.1) is 0 Å². The fourth-order valence-electron chi connectivity index (χ4n) is 0. The van der Waals surface area contributed by atoms with Crippen molar-refractivity contribution < 1.29 is 52.8 Å². The molecule has 0 atom stereocenters. The summed E-state index contributed by atoms with van der Waals surface area (Å²) >= 11 is 0. The van der Waals surface area contributed by atoms with Crippen molar-refractivity contribution in [2.45, 2.75) is 0 Å². The quantitative estimate of drug-likeness (QED) is 0.317. The fraction of sp³-hybridized carbons (Fsp3) is 0.